The van der Waals surface area contributed by atoms with Crippen molar-refractivity contribution < 1.29 is 27.8 Å². The van der Waals surface area contributed by atoms with E-state index in [0.717, 1.165) is 37.4 Å². The fourth-order valence-electron chi connectivity index (χ4n) is 3.64. The topological polar surface area (TPSA) is 95.7 Å². The SMILES string of the molecule is O=C(CSc1nnc(COc2ccc(F)cc2)o1)Nc1ccc2c(c1)OC1(CCCC1)O2. The number of hydrogen-bond donors (Lipinski definition) is 1. The van der Waals surface area contributed by atoms with Crippen molar-refractivity contribution in [2.45, 2.75) is 43.3 Å². The van der Waals surface area contributed by atoms with Crippen LogP contribution in [-0.4, -0.2) is 27.6 Å². The van der Waals surface area contributed by atoms with E-state index in [4.69, 9.17) is 18.6 Å². The van der Waals surface area contributed by atoms with Crippen molar-refractivity contribution in [3.05, 3.63) is 54.2 Å². The van der Waals surface area contributed by atoms with Crippen LogP contribution in [0.1, 0.15) is 31.6 Å². The summed E-state index contributed by atoms with van der Waals surface area (Å²) in [6, 6.07) is 11.0. The molecule has 2 aromatic carbocycles. The van der Waals surface area contributed by atoms with Crippen LogP contribution in [0.4, 0.5) is 10.1 Å². The molecular weight excluding hydrogens is 437 g/mol. The Labute approximate surface area is 187 Å². The Morgan fingerprint density at radius 3 is 2.69 bits per heavy atom. The Hall–Kier alpha value is -3.27. The smallest absolute Gasteiger partial charge is 0.277 e. The number of fused-ring (bicyclic) bond motifs is 1. The van der Waals surface area contributed by atoms with E-state index in [-0.39, 0.29) is 35.2 Å². The molecule has 1 aliphatic carbocycles. The molecule has 1 N–H and O–H groups in total. The number of halogens is 1. The zero-order valence-electron chi connectivity index (χ0n) is 17.0. The van der Waals surface area contributed by atoms with Gasteiger partial charge in [-0.3, -0.25) is 4.79 Å². The fraction of sp³-hybridized carbons (Fsp3) is 0.318. The van der Waals surface area contributed by atoms with Crippen LogP contribution in [0.15, 0.2) is 52.1 Å². The highest BCUT2D eigenvalue weighted by Gasteiger charge is 2.44. The van der Waals surface area contributed by atoms with Gasteiger partial charge in [-0.1, -0.05) is 11.8 Å². The third-order valence-corrected chi connectivity index (χ3v) is 5.95. The quantitative estimate of drug-likeness (QED) is 0.516. The molecule has 0 saturated heterocycles. The summed E-state index contributed by atoms with van der Waals surface area (Å²) < 4.78 is 35.9. The van der Waals surface area contributed by atoms with E-state index in [1.807, 2.05) is 6.07 Å². The number of ether oxygens (including phenoxy) is 3. The van der Waals surface area contributed by atoms with Crippen LogP contribution in [0.3, 0.4) is 0 Å². The second-order valence-electron chi connectivity index (χ2n) is 7.52. The Balaban J connectivity index is 1.10. The lowest BCUT2D eigenvalue weighted by molar-refractivity contribution is -0.113. The predicted octanol–water partition coefficient (Wildman–Crippen LogP) is 4.56. The lowest BCUT2D eigenvalue weighted by atomic mass is 10.2. The van der Waals surface area contributed by atoms with Crippen molar-refractivity contribution in [1.82, 2.24) is 10.2 Å². The fourth-order valence-corrected chi connectivity index (χ4v) is 4.22. The lowest BCUT2D eigenvalue weighted by Gasteiger charge is -2.21. The summed E-state index contributed by atoms with van der Waals surface area (Å²) in [6.07, 6.45) is 3.93. The van der Waals surface area contributed by atoms with Crippen LogP contribution < -0.4 is 19.5 Å². The van der Waals surface area contributed by atoms with Gasteiger partial charge in [0, 0.05) is 24.6 Å². The first kappa shape index (κ1) is 20.6. The minimum Gasteiger partial charge on any atom is -0.484 e. The van der Waals surface area contributed by atoms with Crippen molar-refractivity contribution in [2.24, 2.45) is 0 Å². The molecule has 1 fully saturated rings. The van der Waals surface area contributed by atoms with E-state index in [1.54, 1.807) is 12.1 Å². The summed E-state index contributed by atoms with van der Waals surface area (Å²) in [6.45, 7) is 0.0457. The zero-order chi connectivity index (χ0) is 22.0. The van der Waals surface area contributed by atoms with E-state index in [0.29, 0.717) is 22.9 Å². The highest BCUT2D eigenvalue weighted by Crippen LogP contribution is 2.47. The molecule has 2 heterocycles. The first-order valence-corrected chi connectivity index (χ1v) is 11.2. The van der Waals surface area contributed by atoms with E-state index in [9.17, 15) is 9.18 Å². The van der Waals surface area contributed by atoms with Gasteiger partial charge in [-0.25, -0.2) is 4.39 Å². The van der Waals surface area contributed by atoms with Crippen LogP contribution in [0.25, 0.3) is 0 Å². The van der Waals surface area contributed by atoms with Gasteiger partial charge in [-0.15, -0.1) is 10.2 Å². The second kappa shape index (κ2) is 8.70. The first-order valence-electron chi connectivity index (χ1n) is 10.2. The van der Waals surface area contributed by atoms with Crippen LogP contribution in [-0.2, 0) is 11.4 Å². The average Bonchev–Trinajstić information content (AvgIpc) is 3.52. The van der Waals surface area contributed by atoms with Gasteiger partial charge in [-0.05, 0) is 49.2 Å². The van der Waals surface area contributed by atoms with Gasteiger partial charge in [0.2, 0.25) is 5.91 Å². The maximum atomic E-state index is 12.9. The van der Waals surface area contributed by atoms with Gasteiger partial charge >= 0.3 is 0 Å². The monoisotopic (exact) mass is 457 g/mol. The Kier molecular flexibility index (Phi) is 5.60. The molecule has 1 spiro atoms. The molecule has 0 atom stereocenters. The van der Waals surface area contributed by atoms with E-state index < -0.39 is 5.79 Å². The largest absolute Gasteiger partial charge is 0.484 e. The number of hydrogen-bond acceptors (Lipinski definition) is 8. The Morgan fingerprint density at radius 2 is 1.88 bits per heavy atom. The standard InChI is InChI=1S/C22H20FN3O5S/c23-14-3-6-16(7-4-14)28-12-20-25-26-21(29-20)32-13-19(27)24-15-5-8-17-18(11-15)31-22(30-17)9-1-2-10-22/h3-8,11H,1-2,9-10,12-13H2,(H,24,27). The molecule has 5 rings (SSSR count). The Bertz CT molecular complexity index is 1120. The minimum atomic E-state index is -0.531. The van der Waals surface area contributed by atoms with Crippen LogP contribution >= 0.6 is 11.8 Å². The van der Waals surface area contributed by atoms with E-state index in [2.05, 4.69) is 15.5 Å². The van der Waals surface area contributed by atoms with Gasteiger partial charge in [0.05, 0.1) is 5.75 Å². The normalized spacial score (nSPS) is 15.8. The maximum Gasteiger partial charge on any atom is 0.277 e. The van der Waals surface area contributed by atoms with Gasteiger partial charge in [-0.2, -0.15) is 0 Å². The molecule has 10 heteroatoms. The van der Waals surface area contributed by atoms with Gasteiger partial charge in [0.1, 0.15) is 11.6 Å². The van der Waals surface area contributed by atoms with E-state index >= 15 is 0 Å². The summed E-state index contributed by atoms with van der Waals surface area (Å²) in [5.41, 5.74) is 0.631. The molecule has 166 valence electrons. The molecule has 1 aromatic heterocycles. The van der Waals surface area contributed by atoms with Gasteiger partial charge in [0.15, 0.2) is 18.1 Å². The number of aromatic nitrogens is 2. The average molecular weight is 457 g/mol. The Morgan fingerprint density at radius 1 is 1.09 bits per heavy atom. The van der Waals surface area contributed by atoms with Crippen LogP contribution in [0.2, 0.25) is 0 Å². The van der Waals surface area contributed by atoms with Gasteiger partial charge < -0.3 is 23.9 Å². The van der Waals surface area contributed by atoms with Crippen molar-refractivity contribution >= 4 is 23.4 Å². The predicted molar refractivity (Wildman–Crippen MR) is 113 cm³/mol. The van der Waals surface area contributed by atoms with E-state index in [1.165, 1.54) is 24.3 Å². The second-order valence-corrected chi connectivity index (χ2v) is 8.45. The van der Waals surface area contributed by atoms with Crippen LogP contribution in [0, 0.1) is 5.82 Å². The van der Waals surface area contributed by atoms with Gasteiger partial charge in [0.25, 0.3) is 16.9 Å². The van der Waals surface area contributed by atoms with Crippen molar-refractivity contribution in [1.29, 1.82) is 0 Å². The van der Waals surface area contributed by atoms with Crippen LogP contribution in [0.5, 0.6) is 17.2 Å². The first-order chi connectivity index (χ1) is 15.6. The summed E-state index contributed by atoms with van der Waals surface area (Å²) in [5, 5.41) is 10.9. The number of benzene rings is 2. The third kappa shape index (κ3) is 4.64. The maximum absolute atomic E-state index is 12.9. The number of anilines is 1. The molecule has 1 saturated carbocycles. The summed E-state index contributed by atoms with van der Waals surface area (Å²) in [4.78, 5) is 12.3. The molecule has 0 unspecified atom stereocenters. The molecule has 1 amide bonds. The molecular formula is C22H20FN3O5S. The van der Waals surface area contributed by atoms with Crippen molar-refractivity contribution in [3.63, 3.8) is 0 Å². The van der Waals surface area contributed by atoms with Crippen molar-refractivity contribution in [2.75, 3.05) is 11.1 Å². The summed E-state index contributed by atoms with van der Waals surface area (Å²) in [5.74, 6) is 1.11. The highest BCUT2D eigenvalue weighted by molar-refractivity contribution is 7.99. The molecule has 2 aliphatic rings. The lowest BCUT2D eigenvalue weighted by Crippen LogP contribution is -2.34. The summed E-state index contributed by atoms with van der Waals surface area (Å²) >= 11 is 1.12. The number of nitrogens with zero attached hydrogens (tertiary/aromatic N) is 2. The molecule has 0 radical (unpaired) electrons. The minimum absolute atomic E-state index is 0.0457. The third-order valence-electron chi connectivity index (χ3n) is 5.14. The number of nitrogens with one attached hydrogen (secondary N) is 1. The number of rotatable bonds is 7. The number of amides is 1. The molecule has 1 aliphatic heterocycles. The number of thioether (sulfide) groups is 1. The zero-order valence-corrected chi connectivity index (χ0v) is 17.8. The van der Waals surface area contributed by atoms with Crippen molar-refractivity contribution in [3.8, 4) is 17.2 Å². The molecule has 0 bridgehead atoms. The molecule has 32 heavy (non-hydrogen) atoms. The number of carbonyl (C=O) groups excluding carboxylic acids is 1. The molecule has 8 nitrogen and oxygen atoms in total. The summed E-state index contributed by atoms with van der Waals surface area (Å²) in [7, 11) is 0. The molecule has 3 aromatic rings. The number of carbonyl (C=O) groups is 1. The highest BCUT2D eigenvalue weighted by atomic mass is 32.2.